The van der Waals surface area contributed by atoms with Crippen LogP contribution in [0, 0.1) is 0 Å². The molecule has 3 nitrogen and oxygen atoms in total. The third-order valence-electron chi connectivity index (χ3n) is 3.86. The topological polar surface area (TPSA) is 46.5 Å². The van der Waals surface area contributed by atoms with Gasteiger partial charge in [-0.05, 0) is 41.0 Å². The lowest BCUT2D eigenvalue weighted by molar-refractivity contribution is 0.0699. The summed E-state index contributed by atoms with van der Waals surface area (Å²) in [4.78, 5) is 11.4. The van der Waals surface area contributed by atoms with Crippen LogP contribution in [-0.2, 0) is 12.0 Å². The largest absolute Gasteiger partial charge is 0.489 e. The zero-order valence-corrected chi connectivity index (χ0v) is 13.4. The van der Waals surface area contributed by atoms with Crippen LogP contribution in [0.15, 0.2) is 35.7 Å². The lowest BCUT2D eigenvalue weighted by atomic mass is 9.82. The molecule has 0 atom stereocenters. The molecule has 0 fully saturated rings. The molecule has 0 aliphatic heterocycles. The van der Waals surface area contributed by atoms with Crippen molar-refractivity contribution in [3.05, 3.63) is 51.7 Å². The summed E-state index contributed by atoms with van der Waals surface area (Å²) in [6.07, 6.45) is 1.07. The summed E-state index contributed by atoms with van der Waals surface area (Å²) in [7, 11) is 0. The third kappa shape index (κ3) is 3.64. The van der Waals surface area contributed by atoms with Crippen molar-refractivity contribution in [3.8, 4) is 5.75 Å². The van der Waals surface area contributed by atoms with Gasteiger partial charge in [0.15, 0.2) is 0 Å². The fraction of sp³-hybridized carbons (Fsp3) is 0.353. The molecule has 112 valence electrons. The van der Waals surface area contributed by atoms with Crippen molar-refractivity contribution in [1.82, 2.24) is 0 Å². The fourth-order valence-electron chi connectivity index (χ4n) is 2.00. The van der Waals surface area contributed by atoms with Gasteiger partial charge in [-0.2, -0.15) is 0 Å². The van der Waals surface area contributed by atoms with Gasteiger partial charge < -0.3 is 9.84 Å². The van der Waals surface area contributed by atoms with Crippen molar-refractivity contribution < 1.29 is 14.6 Å². The molecule has 2 rings (SSSR count). The van der Waals surface area contributed by atoms with Crippen LogP contribution < -0.4 is 4.74 Å². The Morgan fingerprint density at radius 2 is 1.90 bits per heavy atom. The molecule has 1 heterocycles. The van der Waals surface area contributed by atoms with Crippen molar-refractivity contribution in [2.75, 3.05) is 0 Å². The first-order valence-corrected chi connectivity index (χ1v) is 7.85. The molecule has 21 heavy (non-hydrogen) atoms. The van der Waals surface area contributed by atoms with Gasteiger partial charge in [0.2, 0.25) is 0 Å². The number of carboxylic acid groups (broad SMARTS) is 1. The first kappa shape index (κ1) is 15.6. The summed E-state index contributed by atoms with van der Waals surface area (Å²) in [5.74, 6) is -0.142. The molecular formula is C17H20O3S. The molecule has 0 unspecified atom stereocenters. The van der Waals surface area contributed by atoms with E-state index in [1.807, 2.05) is 12.1 Å². The minimum Gasteiger partial charge on any atom is -0.489 e. The molecule has 0 aliphatic rings. The number of thiophene rings is 1. The van der Waals surface area contributed by atoms with Gasteiger partial charge in [-0.15, -0.1) is 11.3 Å². The van der Waals surface area contributed by atoms with Crippen LogP contribution in [0.5, 0.6) is 5.75 Å². The van der Waals surface area contributed by atoms with E-state index in [1.54, 1.807) is 11.4 Å². The van der Waals surface area contributed by atoms with E-state index >= 15 is 0 Å². The Hall–Kier alpha value is -1.81. The maximum absolute atomic E-state index is 11.0. The standard InChI is InChI=1S/C17H20O3S/c1-4-17(2,3)13-5-7-14(8-6-13)20-11-12-9-10-21-15(12)16(18)19/h5-10H,4,11H2,1-3H3,(H,18,19). The van der Waals surface area contributed by atoms with Crippen LogP contribution in [0.2, 0.25) is 0 Å². The summed E-state index contributed by atoms with van der Waals surface area (Å²) < 4.78 is 5.69. The predicted molar refractivity (Wildman–Crippen MR) is 85.4 cm³/mol. The highest BCUT2D eigenvalue weighted by molar-refractivity contribution is 7.12. The average molecular weight is 304 g/mol. The number of carboxylic acids is 1. The number of hydrogen-bond acceptors (Lipinski definition) is 3. The Morgan fingerprint density at radius 3 is 2.48 bits per heavy atom. The van der Waals surface area contributed by atoms with Crippen LogP contribution in [0.1, 0.15) is 48.0 Å². The average Bonchev–Trinajstić information content (AvgIpc) is 2.94. The Bertz CT molecular complexity index is 611. The van der Waals surface area contributed by atoms with E-state index in [1.165, 1.54) is 16.9 Å². The van der Waals surface area contributed by atoms with E-state index in [0.29, 0.717) is 10.4 Å². The van der Waals surface area contributed by atoms with Crippen LogP contribution in [0.3, 0.4) is 0 Å². The van der Waals surface area contributed by atoms with E-state index in [2.05, 4.69) is 32.9 Å². The Kier molecular flexibility index (Phi) is 4.68. The van der Waals surface area contributed by atoms with E-state index in [4.69, 9.17) is 9.84 Å². The summed E-state index contributed by atoms with van der Waals surface area (Å²) in [5.41, 5.74) is 2.15. The van der Waals surface area contributed by atoms with E-state index in [9.17, 15) is 4.79 Å². The first-order valence-electron chi connectivity index (χ1n) is 6.97. The van der Waals surface area contributed by atoms with Crippen molar-refractivity contribution in [3.63, 3.8) is 0 Å². The van der Waals surface area contributed by atoms with Crippen molar-refractivity contribution in [1.29, 1.82) is 0 Å². The minimum absolute atomic E-state index is 0.155. The number of benzene rings is 1. The molecule has 0 saturated carbocycles. The molecule has 0 radical (unpaired) electrons. The predicted octanol–water partition coefficient (Wildman–Crippen LogP) is 4.71. The van der Waals surface area contributed by atoms with Crippen molar-refractivity contribution in [2.24, 2.45) is 0 Å². The van der Waals surface area contributed by atoms with Gasteiger partial charge >= 0.3 is 5.97 Å². The second kappa shape index (κ2) is 6.31. The quantitative estimate of drug-likeness (QED) is 0.840. The highest BCUT2D eigenvalue weighted by atomic mass is 32.1. The van der Waals surface area contributed by atoms with Crippen LogP contribution >= 0.6 is 11.3 Å². The number of hydrogen-bond donors (Lipinski definition) is 1. The normalized spacial score (nSPS) is 11.4. The van der Waals surface area contributed by atoms with Gasteiger partial charge in [-0.25, -0.2) is 4.79 Å². The highest BCUT2D eigenvalue weighted by Crippen LogP contribution is 2.28. The molecule has 1 aromatic carbocycles. The number of carbonyl (C=O) groups is 1. The summed E-state index contributed by atoms with van der Waals surface area (Å²) in [6, 6.07) is 9.83. The Labute approximate surface area is 129 Å². The summed E-state index contributed by atoms with van der Waals surface area (Å²) >= 11 is 1.22. The smallest absolute Gasteiger partial charge is 0.346 e. The van der Waals surface area contributed by atoms with Crippen LogP contribution in [-0.4, -0.2) is 11.1 Å². The van der Waals surface area contributed by atoms with E-state index in [0.717, 1.165) is 12.2 Å². The number of rotatable bonds is 6. The van der Waals surface area contributed by atoms with Gasteiger partial charge in [0.25, 0.3) is 0 Å². The molecule has 4 heteroatoms. The Balaban J connectivity index is 2.04. The van der Waals surface area contributed by atoms with Crippen molar-refractivity contribution in [2.45, 2.75) is 39.2 Å². The second-order valence-electron chi connectivity index (χ2n) is 5.63. The third-order valence-corrected chi connectivity index (χ3v) is 4.80. The minimum atomic E-state index is -0.899. The molecule has 1 aromatic heterocycles. The zero-order valence-electron chi connectivity index (χ0n) is 12.6. The van der Waals surface area contributed by atoms with Gasteiger partial charge in [0.05, 0.1) is 0 Å². The molecule has 0 bridgehead atoms. The molecule has 1 N–H and O–H groups in total. The van der Waals surface area contributed by atoms with E-state index in [-0.39, 0.29) is 12.0 Å². The number of aromatic carboxylic acids is 1. The lowest BCUT2D eigenvalue weighted by Crippen LogP contribution is -2.15. The highest BCUT2D eigenvalue weighted by Gasteiger charge is 2.17. The molecule has 0 aliphatic carbocycles. The number of ether oxygens (including phenoxy) is 1. The maximum Gasteiger partial charge on any atom is 0.346 e. The fourth-order valence-corrected chi connectivity index (χ4v) is 2.75. The van der Waals surface area contributed by atoms with Gasteiger partial charge in [0.1, 0.15) is 17.2 Å². The molecule has 0 amide bonds. The summed E-state index contributed by atoms with van der Waals surface area (Å²) in [6.45, 7) is 6.89. The van der Waals surface area contributed by atoms with Gasteiger partial charge in [-0.1, -0.05) is 32.9 Å². The monoisotopic (exact) mass is 304 g/mol. The van der Waals surface area contributed by atoms with E-state index < -0.39 is 5.97 Å². The molecular weight excluding hydrogens is 284 g/mol. The van der Waals surface area contributed by atoms with Crippen LogP contribution in [0.4, 0.5) is 0 Å². The van der Waals surface area contributed by atoms with Gasteiger partial charge in [-0.3, -0.25) is 0 Å². The Morgan fingerprint density at radius 1 is 1.24 bits per heavy atom. The zero-order chi connectivity index (χ0) is 15.5. The van der Waals surface area contributed by atoms with Crippen molar-refractivity contribution >= 4 is 17.3 Å². The maximum atomic E-state index is 11.0. The first-order chi connectivity index (χ1) is 9.94. The SMILES string of the molecule is CCC(C)(C)c1ccc(OCc2ccsc2C(=O)O)cc1. The van der Waals surface area contributed by atoms with Crippen LogP contribution in [0.25, 0.3) is 0 Å². The summed E-state index contributed by atoms with van der Waals surface area (Å²) in [5, 5.41) is 10.8. The van der Waals surface area contributed by atoms with Gasteiger partial charge in [0, 0.05) is 5.56 Å². The molecule has 0 spiro atoms. The molecule has 0 saturated heterocycles. The second-order valence-corrected chi connectivity index (χ2v) is 6.55. The molecule has 2 aromatic rings. The lowest BCUT2D eigenvalue weighted by Gasteiger charge is -2.23.